The molecule has 2 N–H and O–H groups in total. The number of imidazole rings is 1. The first-order valence-electron chi connectivity index (χ1n) is 6.43. The van der Waals surface area contributed by atoms with Crippen LogP contribution in [0.1, 0.15) is 18.3 Å². The van der Waals surface area contributed by atoms with E-state index in [1.54, 1.807) is 0 Å². The van der Waals surface area contributed by atoms with Gasteiger partial charge in [0.15, 0.2) is 4.96 Å². The van der Waals surface area contributed by atoms with Gasteiger partial charge in [-0.05, 0) is 13.8 Å². The molecule has 0 radical (unpaired) electrons. The third-order valence-electron chi connectivity index (χ3n) is 2.74. The van der Waals surface area contributed by atoms with Crippen LogP contribution in [-0.4, -0.2) is 37.1 Å². The van der Waals surface area contributed by atoms with Crippen LogP contribution in [-0.2, 0) is 11.2 Å². The summed E-state index contributed by atoms with van der Waals surface area (Å²) in [6.07, 6.45) is 2.15. The summed E-state index contributed by atoms with van der Waals surface area (Å²) in [4.78, 5) is 21.3. The number of aryl methyl sites for hydroxylation is 1. The second kappa shape index (κ2) is 5.52. The Kier molecular flexibility index (Phi) is 3.57. The number of amides is 1. The maximum absolute atomic E-state index is 12.0. The maximum atomic E-state index is 12.0. The van der Waals surface area contributed by atoms with E-state index in [1.165, 1.54) is 11.3 Å². The molecule has 3 aromatic heterocycles. The number of rotatable bonds is 5. The van der Waals surface area contributed by atoms with E-state index in [2.05, 4.69) is 25.5 Å². The van der Waals surface area contributed by atoms with Gasteiger partial charge in [-0.3, -0.25) is 14.5 Å². The third-order valence-corrected chi connectivity index (χ3v) is 3.63. The quantitative estimate of drug-likeness (QED) is 0.742. The summed E-state index contributed by atoms with van der Waals surface area (Å²) in [6.45, 7) is 4.23. The number of fused-ring (bicyclic) bond motifs is 1. The lowest BCUT2D eigenvalue weighted by atomic mass is 10.3. The standard InChI is InChI=1S/C12H14N6O2S/c1-3-20-11-15-10(16-17-11)14-9(19)4-8-6-21-12-13-7(2)5-18(8)12/h5-6H,3-4H2,1-2H3,(H2,14,15,16,17,19). The van der Waals surface area contributed by atoms with E-state index >= 15 is 0 Å². The number of hydrogen-bond donors (Lipinski definition) is 2. The predicted molar refractivity (Wildman–Crippen MR) is 77.7 cm³/mol. The van der Waals surface area contributed by atoms with Crippen molar-refractivity contribution < 1.29 is 9.53 Å². The normalized spacial score (nSPS) is 11.0. The molecular formula is C12H14N6O2S. The van der Waals surface area contributed by atoms with Crippen molar-refractivity contribution in [2.24, 2.45) is 0 Å². The lowest BCUT2D eigenvalue weighted by Gasteiger charge is -2.00. The number of anilines is 1. The first-order chi connectivity index (χ1) is 10.2. The minimum absolute atomic E-state index is 0.180. The van der Waals surface area contributed by atoms with Gasteiger partial charge in [-0.2, -0.15) is 4.98 Å². The molecular weight excluding hydrogens is 292 g/mol. The predicted octanol–water partition coefficient (Wildman–Crippen LogP) is 1.40. The number of thiazole rings is 1. The molecule has 0 spiro atoms. The van der Waals surface area contributed by atoms with Gasteiger partial charge >= 0.3 is 6.01 Å². The highest BCUT2D eigenvalue weighted by molar-refractivity contribution is 7.15. The van der Waals surface area contributed by atoms with Crippen molar-refractivity contribution in [2.75, 3.05) is 11.9 Å². The molecule has 3 heterocycles. The highest BCUT2D eigenvalue weighted by atomic mass is 32.1. The molecule has 21 heavy (non-hydrogen) atoms. The number of carbonyl (C=O) groups excluding carboxylic acids is 1. The van der Waals surface area contributed by atoms with Crippen molar-refractivity contribution in [1.29, 1.82) is 0 Å². The van der Waals surface area contributed by atoms with Gasteiger partial charge in [0, 0.05) is 17.3 Å². The number of hydrogen-bond acceptors (Lipinski definition) is 6. The number of aromatic nitrogens is 5. The summed E-state index contributed by atoms with van der Waals surface area (Å²) >= 11 is 1.51. The smallest absolute Gasteiger partial charge is 0.337 e. The van der Waals surface area contributed by atoms with Crippen LogP contribution < -0.4 is 10.1 Å². The summed E-state index contributed by atoms with van der Waals surface area (Å²) in [6, 6.07) is 0.218. The lowest BCUT2D eigenvalue weighted by Crippen LogP contribution is -2.16. The fourth-order valence-corrected chi connectivity index (χ4v) is 2.82. The van der Waals surface area contributed by atoms with Crippen molar-refractivity contribution in [1.82, 2.24) is 24.6 Å². The minimum Gasteiger partial charge on any atom is -0.463 e. The molecule has 0 fully saturated rings. The van der Waals surface area contributed by atoms with Crippen molar-refractivity contribution in [3.63, 3.8) is 0 Å². The molecule has 0 aliphatic heterocycles. The molecule has 0 unspecified atom stereocenters. The Bertz CT molecular complexity index is 774. The van der Waals surface area contributed by atoms with Crippen LogP contribution >= 0.6 is 11.3 Å². The summed E-state index contributed by atoms with van der Waals surface area (Å²) < 4.78 is 7.04. The van der Waals surface area contributed by atoms with Crippen LogP contribution in [0.2, 0.25) is 0 Å². The van der Waals surface area contributed by atoms with E-state index in [-0.39, 0.29) is 24.3 Å². The molecule has 0 saturated heterocycles. The molecule has 0 aliphatic rings. The van der Waals surface area contributed by atoms with Crippen molar-refractivity contribution in [3.05, 3.63) is 23.0 Å². The number of H-pyrrole nitrogens is 1. The zero-order valence-corrected chi connectivity index (χ0v) is 12.4. The summed E-state index contributed by atoms with van der Waals surface area (Å²) in [7, 11) is 0. The highest BCUT2D eigenvalue weighted by Gasteiger charge is 2.12. The largest absolute Gasteiger partial charge is 0.463 e. The molecule has 3 rings (SSSR count). The number of nitrogens with one attached hydrogen (secondary N) is 2. The van der Waals surface area contributed by atoms with Crippen molar-refractivity contribution >= 4 is 28.2 Å². The van der Waals surface area contributed by atoms with Crippen LogP contribution in [0, 0.1) is 6.92 Å². The molecule has 9 heteroatoms. The number of carbonyl (C=O) groups is 1. The highest BCUT2D eigenvalue weighted by Crippen LogP contribution is 2.17. The number of nitrogens with zero attached hydrogens (tertiary/aromatic N) is 4. The van der Waals surface area contributed by atoms with E-state index in [1.807, 2.05) is 29.8 Å². The number of ether oxygens (including phenoxy) is 1. The monoisotopic (exact) mass is 306 g/mol. The first kappa shape index (κ1) is 13.6. The Balaban J connectivity index is 1.68. The van der Waals surface area contributed by atoms with Gasteiger partial charge in [-0.15, -0.1) is 16.4 Å². The fourth-order valence-electron chi connectivity index (χ4n) is 1.91. The van der Waals surface area contributed by atoms with Crippen LogP contribution in [0.5, 0.6) is 6.01 Å². The van der Waals surface area contributed by atoms with E-state index in [0.717, 1.165) is 16.3 Å². The average molecular weight is 306 g/mol. The van der Waals surface area contributed by atoms with Crippen LogP contribution in [0.15, 0.2) is 11.6 Å². The van der Waals surface area contributed by atoms with Gasteiger partial charge < -0.3 is 4.74 Å². The Morgan fingerprint density at radius 2 is 2.38 bits per heavy atom. The summed E-state index contributed by atoms with van der Waals surface area (Å²) in [5.41, 5.74) is 1.82. The SMILES string of the molecule is CCOc1n[nH]c(NC(=O)Cc2csc3nc(C)cn23)n1. The third kappa shape index (κ3) is 2.87. The minimum atomic E-state index is -0.180. The lowest BCUT2D eigenvalue weighted by molar-refractivity contribution is -0.115. The van der Waals surface area contributed by atoms with Crippen LogP contribution in [0.3, 0.4) is 0 Å². The second-order valence-corrected chi connectivity index (χ2v) is 5.22. The van der Waals surface area contributed by atoms with Gasteiger partial charge in [0.25, 0.3) is 0 Å². The zero-order valence-electron chi connectivity index (χ0n) is 11.6. The van der Waals surface area contributed by atoms with Gasteiger partial charge in [0.1, 0.15) is 0 Å². The van der Waals surface area contributed by atoms with E-state index in [9.17, 15) is 4.79 Å². The topological polar surface area (TPSA) is 97.2 Å². The molecule has 0 atom stereocenters. The van der Waals surface area contributed by atoms with Crippen molar-refractivity contribution in [2.45, 2.75) is 20.3 Å². The van der Waals surface area contributed by atoms with Crippen LogP contribution in [0.25, 0.3) is 4.96 Å². The molecule has 0 aliphatic carbocycles. The van der Waals surface area contributed by atoms with Gasteiger partial charge in [0.2, 0.25) is 11.9 Å². The second-order valence-electron chi connectivity index (χ2n) is 4.39. The first-order valence-corrected chi connectivity index (χ1v) is 7.31. The van der Waals surface area contributed by atoms with Gasteiger partial charge in [0.05, 0.1) is 18.7 Å². The molecule has 110 valence electrons. The zero-order chi connectivity index (χ0) is 14.8. The Hall–Kier alpha value is -2.42. The van der Waals surface area contributed by atoms with E-state index < -0.39 is 0 Å². The molecule has 1 amide bonds. The Morgan fingerprint density at radius 3 is 3.19 bits per heavy atom. The number of aromatic amines is 1. The maximum Gasteiger partial charge on any atom is 0.337 e. The van der Waals surface area contributed by atoms with Gasteiger partial charge in [-0.1, -0.05) is 0 Å². The molecule has 0 bridgehead atoms. The molecule has 8 nitrogen and oxygen atoms in total. The average Bonchev–Trinajstić information content (AvgIpc) is 3.09. The summed E-state index contributed by atoms with van der Waals surface area (Å²) in [5, 5.41) is 11.0. The Morgan fingerprint density at radius 1 is 1.52 bits per heavy atom. The van der Waals surface area contributed by atoms with E-state index in [4.69, 9.17) is 4.74 Å². The fraction of sp³-hybridized carbons (Fsp3) is 0.333. The summed E-state index contributed by atoms with van der Waals surface area (Å²) in [5.74, 6) is 0.0944. The van der Waals surface area contributed by atoms with Crippen LogP contribution in [0.4, 0.5) is 5.95 Å². The van der Waals surface area contributed by atoms with Crippen molar-refractivity contribution in [3.8, 4) is 6.01 Å². The molecule has 0 aromatic carbocycles. The molecule has 3 aromatic rings. The van der Waals surface area contributed by atoms with E-state index in [0.29, 0.717) is 6.61 Å². The van der Waals surface area contributed by atoms with Gasteiger partial charge in [-0.25, -0.2) is 10.1 Å². The molecule has 0 saturated carbocycles. The Labute approximate surface area is 124 Å².